The second-order valence-corrected chi connectivity index (χ2v) is 3.86. The number of rotatable bonds is 3. The normalized spacial score (nSPS) is 14.4. The minimum absolute atomic E-state index is 0.631. The lowest BCUT2D eigenvalue weighted by atomic mass is 10.2. The van der Waals surface area contributed by atoms with Crippen molar-refractivity contribution in [2.75, 3.05) is 6.61 Å². The summed E-state index contributed by atoms with van der Waals surface area (Å²) in [5.74, 6) is 0.963. The summed E-state index contributed by atoms with van der Waals surface area (Å²) in [6.07, 6.45) is 11.6. The van der Waals surface area contributed by atoms with E-state index in [4.69, 9.17) is 4.74 Å². The molecule has 0 spiro atoms. The smallest absolute Gasteiger partial charge is 0.122 e. The van der Waals surface area contributed by atoms with Gasteiger partial charge in [0.2, 0.25) is 0 Å². The molecule has 0 saturated carbocycles. The van der Waals surface area contributed by atoms with E-state index in [9.17, 15) is 0 Å². The molecular weight excluding hydrogens is 196 g/mol. The molecule has 2 rings (SSSR count). The Morgan fingerprint density at radius 2 is 2.06 bits per heavy atom. The molecule has 1 heteroatoms. The largest absolute Gasteiger partial charge is 0.489 e. The second-order valence-electron chi connectivity index (χ2n) is 3.86. The lowest BCUT2D eigenvalue weighted by Crippen LogP contribution is -2.00. The fourth-order valence-corrected chi connectivity index (χ4v) is 1.60. The highest BCUT2D eigenvalue weighted by atomic mass is 16.5. The molecule has 0 saturated heterocycles. The van der Waals surface area contributed by atoms with Gasteiger partial charge in [0, 0.05) is 0 Å². The predicted molar refractivity (Wildman–Crippen MR) is 67.7 cm³/mol. The van der Waals surface area contributed by atoms with E-state index in [-0.39, 0.29) is 0 Å². The minimum atomic E-state index is 0.631. The molecule has 0 atom stereocenters. The topological polar surface area (TPSA) is 9.23 Å². The Morgan fingerprint density at radius 1 is 1.19 bits per heavy atom. The second kappa shape index (κ2) is 5.36. The van der Waals surface area contributed by atoms with Gasteiger partial charge < -0.3 is 4.74 Å². The molecule has 82 valence electrons. The maximum absolute atomic E-state index is 5.78. The van der Waals surface area contributed by atoms with Crippen molar-refractivity contribution in [2.24, 2.45) is 0 Å². The van der Waals surface area contributed by atoms with Gasteiger partial charge in [0.1, 0.15) is 12.4 Å². The van der Waals surface area contributed by atoms with E-state index in [1.807, 2.05) is 18.2 Å². The Hall–Kier alpha value is -1.76. The molecule has 0 fully saturated rings. The van der Waals surface area contributed by atoms with Gasteiger partial charge in [-0.25, -0.2) is 0 Å². The van der Waals surface area contributed by atoms with Crippen LogP contribution in [-0.2, 0) is 0 Å². The van der Waals surface area contributed by atoms with E-state index in [0.29, 0.717) is 6.61 Å². The Labute approximate surface area is 96.8 Å². The molecule has 16 heavy (non-hydrogen) atoms. The summed E-state index contributed by atoms with van der Waals surface area (Å²) in [6, 6.07) is 8.09. The third-order valence-electron chi connectivity index (χ3n) is 2.54. The first-order chi connectivity index (χ1) is 7.86. The summed E-state index contributed by atoms with van der Waals surface area (Å²) in [5, 5.41) is 0. The summed E-state index contributed by atoms with van der Waals surface area (Å²) in [5.41, 5.74) is 2.38. The van der Waals surface area contributed by atoms with Crippen molar-refractivity contribution in [3.05, 3.63) is 65.8 Å². The van der Waals surface area contributed by atoms with Gasteiger partial charge in [0.25, 0.3) is 0 Å². The lowest BCUT2D eigenvalue weighted by Gasteiger charge is -2.08. The standard InChI is InChI=1S/C15H16O/c1-13-8-6-7-11-15(13)16-12-14-9-4-2-3-5-10-14/h2,4-11H,3,12H2,1H3. The Kier molecular flexibility index (Phi) is 3.60. The highest BCUT2D eigenvalue weighted by Gasteiger charge is 1.99. The first-order valence-electron chi connectivity index (χ1n) is 5.57. The van der Waals surface area contributed by atoms with Crippen LogP contribution in [0.2, 0.25) is 0 Å². The molecule has 0 amide bonds. The predicted octanol–water partition coefficient (Wildman–Crippen LogP) is 3.82. The van der Waals surface area contributed by atoms with Crippen LogP contribution >= 0.6 is 0 Å². The minimum Gasteiger partial charge on any atom is -0.489 e. The van der Waals surface area contributed by atoms with Crippen LogP contribution in [0.15, 0.2) is 60.2 Å². The quantitative estimate of drug-likeness (QED) is 0.740. The van der Waals surface area contributed by atoms with Crippen molar-refractivity contribution < 1.29 is 4.74 Å². The molecular formula is C15H16O. The average molecular weight is 212 g/mol. The zero-order chi connectivity index (χ0) is 11.2. The zero-order valence-electron chi connectivity index (χ0n) is 9.52. The van der Waals surface area contributed by atoms with Crippen LogP contribution in [0, 0.1) is 6.92 Å². The monoisotopic (exact) mass is 212 g/mol. The SMILES string of the molecule is Cc1ccccc1OCC1=CC=CCC=C1. The summed E-state index contributed by atoms with van der Waals surface area (Å²) >= 11 is 0. The fourth-order valence-electron chi connectivity index (χ4n) is 1.60. The van der Waals surface area contributed by atoms with Crippen LogP contribution in [0.5, 0.6) is 5.75 Å². The number of hydrogen-bond acceptors (Lipinski definition) is 1. The van der Waals surface area contributed by atoms with Crippen LogP contribution in [0.4, 0.5) is 0 Å². The van der Waals surface area contributed by atoms with E-state index in [2.05, 4.69) is 43.4 Å². The van der Waals surface area contributed by atoms with Crippen molar-refractivity contribution in [3.63, 3.8) is 0 Å². The van der Waals surface area contributed by atoms with E-state index in [1.165, 1.54) is 11.1 Å². The number of aryl methyl sites for hydroxylation is 1. The molecule has 0 heterocycles. The Morgan fingerprint density at radius 3 is 2.94 bits per heavy atom. The molecule has 0 N–H and O–H groups in total. The van der Waals surface area contributed by atoms with Gasteiger partial charge in [0.15, 0.2) is 0 Å². The van der Waals surface area contributed by atoms with E-state index in [0.717, 1.165) is 12.2 Å². The van der Waals surface area contributed by atoms with Crippen molar-refractivity contribution >= 4 is 0 Å². The van der Waals surface area contributed by atoms with Gasteiger partial charge in [-0.3, -0.25) is 0 Å². The van der Waals surface area contributed by atoms with E-state index < -0.39 is 0 Å². The molecule has 1 aliphatic rings. The van der Waals surface area contributed by atoms with Gasteiger partial charge in [-0.1, -0.05) is 48.6 Å². The molecule has 0 radical (unpaired) electrons. The summed E-state index contributed by atoms with van der Waals surface area (Å²) in [7, 11) is 0. The van der Waals surface area contributed by atoms with Gasteiger partial charge in [-0.05, 0) is 30.5 Å². The van der Waals surface area contributed by atoms with Crippen molar-refractivity contribution in [2.45, 2.75) is 13.3 Å². The Balaban J connectivity index is 2.00. The molecule has 1 aromatic carbocycles. The zero-order valence-corrected chi connectivity index (χ0v) is 9.52. The molecule has 0 unspecified atom stereocenters. The number of benzene rings is 1. The van der Waals surface area contributed by atoms with Crippen LogP contribution in [0.1, 0.15) is 12.0 Å². The Bertz CT molecular complexity index is 439. The molecule has 1 nitrogen and oxygen atoms in total. The van der Waals surface area contributed by atoms with Gasteiger partial charge in [0.05, 0.1) is 0 Å². The van der Waals surface area contributed by atoms with Crippen LogP contribution in [0.3, 0.4) is 0 Å². The number of para-hydroxylation sites is 1. The molecule has 0 bridgehead atoms. The molecule has 0 aromatic heterocycles. The number of allylic oxidation sites excluding steroid dienone is 4. The third kappa shape index (κ3) is 2.86. The number of hydrogen-bond donors (Lipinski definition) is 0. The van der Waals surface area contributed by atoms with Gasteiger partial charge >= 0.3 is 0 Å². The van der Waals surface area contributed by atoms with Gasteiger partial charge in [-0.2, -0.15) is 0 Å². The average Bonchev–Trinajstić information content (AvgIpc) is 2.56. The van der Waals surface area contributed by atoms with Crippen molar-refractivity contribution in [1.82, 2.24) is 0 Å². The fraction of sp³-hybridized carbons (Fsp3) is 0.200. The van der Waals surface area contributed by atoms with E-state index in [1.54, 1.807) is 0 Å². The summed E-state index contributed by atoms with van der Waals surface area (Å²) in [6.45, 7) is 2.69. The first-order valence-corrected chi connectivity index (χ1v) is 5.57. The number of ether oxygens (including phenoxy) is 1. The van der Waals surface area contributed by atoms with Crippen LogP contribution in [-0.4, -0.2) is 6.61 Å². The molecule has 0 aliphatic heterocycles. The molecule has 1 aliphatic carbocycles. The lowest BCUT2D eigenvalue weighted by molar-refractivity contribution is 0.353. The van der Waals surface area contributed by atoms with Crippen LogP contribution < -0.4 is 4.74 Å². The summed E-state index contributed by atoms with van der Waals surface area (Å²) in [4.78, 5) is 0. The van der Waals surface area contributed by atoms with E-state index >= 15 is 0 Å². The molecule has 1 aromatic rings. The maximum Gasteiger partial charge on any atom is 0.122 e. The highest BCUT2D eigenvalue weighted by Crippen LogP contribution is 2.17. The highest BCUT2D eigenvalue weighted by molar-refractivity contribution is 5.33. The first kappa shape index (κ1) is 10.7. The van der Waals surface area contributed by atoms with Crippen molar-refractivity contribution in [3.8, 4) is 5.75 Å². The maximum atomic E-state index is 5.78. The summed E-state index contributed by atoms with van der Waals surface area (Å²) < 4.78 is 5.78. The van der Waals surface area contributed by atoms with Crippen molar-refractivity contribution in [1.29, 1.82) is 0 Å². The third-order valence-corrected chi connectivity index (χ3v) is 2.54. The van der Waals surface area contributed by atoms with Gasteiger partial charge in [-0.15, -0.1) is 0 Å². The van der Waals surface area contributed by atoms with Crippen LogP contribution in [0.25, 0.3) is 0 Å².